The van der Waals surface area contributed by atoms with Gasteiger partial charge in [-0.2, -0.15) is 0 Å². The summed E-state index contributed by atoms with van der Waals surface area (Å²) in [5, 5.41) is 3.41. The minimum atomic E-state index is -0.267. The molecule has 0 spiro atoms. The lowest BCUT2D eigenvalue weighted by Gasteiger charge is -2.16. The van der Waals surface area contributed by atoms with E-state index in [4.69, 9.17) is 0 Å². The molecular weight excluding hydrogens is 306 g/mol. The molecule has 2 rings (SSSR count). The number of hydrogen-bond acceptors (Lipinski definition) is 4. The Morgan fingerprint density at radius 2 is 1.52 bits per heavy atom. The van der Waals surface area contributed by atoms with Gasteiger partial charge >= 0.3 is 0 Å². The van der Waals surface area contributed by atoms with Crippen molar-refractivity contribution >= 4 is 23.4 Å². The van der Waals surface area contributed by atoms with Gasteiger partial charge in [0.15, 0.2) is 5.16 Å². The van der Waals surface area contributed by atoms with Gasteiger partial charge < -0.3 is 5.32 Å². The Hall–Kier alpha value is -1.88. The van der Waals surface area contributed by atoms with Crippen molar-refractivity contribution in [1.82, 2.24) is 9.97 Å². The number of nitrogens with zero attached hydrogens (tertiary/aromatic N) is 2. The lowest BCUT2D eigenvalue weighted by molar-refractivity contribution is -0.115. The highest BCUT2D eigenvalue weighted by atomic mass is 32.2. The number of aryl methyl sites for hydroxylation is 5. The molecule has 1 aromatic carbocycles. The maximum absolute atomic E-state index is 12.5. The van der Waals surface area contributed by atoms with Crippen LogP contribution in [0.4, 0.5) is 5.69 Å². The fourth-order valence-electron chi connectivity index (χ4n) is 2.56. The highest BCUT2D eigenvalue weighted by Crippen LogP contribution is 2.25. The van der Waals surface area contributed by atoms with Crippen LogP contribution in [-0.4, -0.2) is 21.1 Å². The first kappa shape index (κ1) is 17.5. The molecule has 1 aromatic heterocycles. The molecule has 122 valence electrons. The predicted molar refractivity (Wildman–Crippen MR) is 96.1 cm³/mol. The summed E-state index contributed by atoms with van der Waals surface area (Å²) < 4.78 is 0. The molecule has 2 aromatic rings. The van der Waals surface area contributed by atoms with Crippen LogP contribution in [0.25, 0.3) is 0 Å². The second-order valence-electron chi connectivity index (χ2n) is 5.96. The smallest absolute Gasteiger partial charge is 0.237 e. The van der Waals surface area contributed by atoms with Crippen molar-refractivity contribution in [2.45, 2.75) is 51.9 Å². The molecule has 1 unspecified atom stereocenters. The molecule has 1 N–H and O–H groups in total. The molecule has 4 nitrogen and oxygen atoms in total. The first-order valence-corrected chi connectivity index (χ1v) is 8.52. The molecule has 0 aliphatic rings. The Labute approximate surface area is 142 Å². The summed E-state index contributed by atoms with van der Waals surface area (Å²) in [6, 6.07) is 6.08. The van der Waals surface area contributed by atoms with Gasteiger partial charge in [0.25, 0.3) is 0 Å². The van der Waals surface area contributed by atoms with E-state index in [0.717, 1.165) is 28.2 Å². The van der Waals surface area contributed by atoms with Gasteiger partial charge in [-0.3, -0.25) is 4.79 Å². The third-order valence-electron chi connectivity index (χ3n) is 3.54. The van der Waals surface area contributed by atoms with Crippen molar-refractivity contribution < 1.29 is 4.79 Å². The fraction of sp³-hybridized carbons (Fsp3) is 0.389. The number of amides is 1. The predicted octanol–water partition coefficient (Wildman–Crippen LogP) is 4.14. The molecule has 0 fully saturated rings. The average molecular weight is 329 g/mol. The van der Waals surface area contributed by atoms with Gasteiger partial charge in [0.05, 0.1) is 5.25 Å². The van der Waals surface area contributed by atoms with Crippen LogP contribution in [0, 0.1) is 34.6 Å². The Morgan fingerprint density at radius 3 is 2.04 bits per heavy atom. The first-order chi connectivity index (χ1) is 10.8. The van der Waals surface area contributed by atoms with E-state index in [2.05, 4.69) is 34.3 Å². The zero-order valence-corrected chi connectivity index (χ0v) is 15.3. The molecule has 0 radical (unpaired) electrons. The number of nitrogens with one attached hydrogen (secondary N) is 1. The van der Waals surface area contributed by atoms with E-state index < -0.39 is 0 Å². The van der Waals surface area contributed by atoms with Crippen LogP contribution in [0.1, 0.15) is 35.0 Å². The van der Waals surface area contributed by atoms with E-state index in [9.17, 15) is 4.79 Å². The summed E-state index contributed by atoms with van der Waals surface area (Å²) in [5.74, 6) is -0.0344. The molecule has 0 saturated carbocycles. The number of carbonyl (C=O) groups excluding carboxylic acids is 1. The number of benzene rings is 1. The van der Waals surface area contributed by atoms with Gasteiger partial charge in [-0.25, -0.2) is 9.97 Å². The molecular formula is C18H23N3OS. The minimum absolute atomic E-state index is 0.0344. The standard InChI is InChI=1S/C18H23N3OS/c1-10-7-11(2)16(12(3)8-10)21-17(22)15(6)23-18-19-13(4)9-14(5)20-18/h7-9,15H,1-6H3,(H,21,22). The largest absolute Gasteiger partial charge is 0.325 e. The van der Waals surface area contributed by atoms with Crippen molar-refractivity contribution in [3.63, 3.8) is 0 Å². The summed E-state index contributed by atoms with van der Waals surface area (Å²) in [7, 11) is 0. The topological polar surface area (TPSA) is 54.9 Å². The zero-order valence-electron chi connectivity index (χ0n) is 14.5. The third kappa shape index (κ3) is 4.55. The lowest BCUT2D eigenvalue weighted by Crippen LogP contribution is -2.23. The van der Waals surface area contributed by atoms with Crippen molar-refractivity contribution in [3.05, 3.63) is 46.3 Å². The second kappa shape index (κ2) is 7.13. The number of anilines is 1. The van der Waals surface area contributed by atoms with E-state index in [0.29, 0.717) is 5.16 Å². The second-order valence-corrected chi connectivity index (χ2v) is 7.26. The van der Waals surface area contributed by atoms with Gasteiger partial charge in [-0.05, 0) is 58.7 Å². The van der Waals surface area contributed by atoms with Gasteiger partial charge in [-0.15, -0.1) is 0 Å². The normalized spacial score (nSPS) is 12.1. The number of thioether (sulfide) groups is 1. The Bertz CT molecular complexity index is 700. The average Bonchev–Trinajstić information content (AvgIpc) is 2.41. The van der Waals surface area contributed by atoms with E-state index in [1.54, 1.807) is 0 Å². The molecule has 0 bridgehead atoms. The maximum atomic E-state index is 12.5. The van der Waals surface area contributed by atoms with E-state index in [-0.39, 0.29) is 11.2 Å². The fourth-order valence-corrected chi connectivity index (χ4v) is 3.44. The molecule has 1 amide bonds. The summed E-state index contributed by atoms with van der Waals surface area (Å²) in [6.07, 6.45) is 0. The number of carbonyl (C=O) groups is 1. The summed E-state index contributed by atoms with van der Waals surface area (Å²) in [4.78, 5) is 21.3. The van der Waals surface area contributed by atoms with Crippen LogP contribution in [0.5, 0.6) is 0 Å². The first-order valence-electron chi connectivity index (χ1n) is 7.64. The van der Waals surface area contributed by atoms with Crippen LogP contribution in [0.15, 0.2) is 23.4 Å². The van der Waals surface area contributed by atoms with Gasteiger partial charge in [0.1, 0.15) is 0 Å². The molecule has 0 aliphatic carbocycles. The minimum Gasteiger partial charge on any atom is -0.325 e. The molecule has 23 heavy (non-hydrogen) atoms. The van der Waals surface area contributed by atoms with Crippen LogP contribution < -0.4 is 5.32 Å². The van der Waals surface area contributed by atoms with Crippen molar-refractivity contribution in [2.24, 2.45) is 0 Å². The zero-order chi connectivity index (χ0) is 17.1. The molecule has 1 heterocycles. The quantitative estimate of drug-likeness (QED) is 0.676. The SMILES string of the molecule is Cc1cc(C)c(NC(=O)C(C)Sc2nc(C)cc(C)n2)c(C)c1. The van der Waals surface area contributed by atoms with E-state index in [1.165, 1.54) is 17.3 Å². The Balaban J connectivity index is 2.11. The molecule has 5 heteroatoms. The van der Waals surface area contributed by atoms with Crippen molar-refractivity contribution in [3.8, 4) is 0 Å². The summed E-state index contributed by atoms with van der Waals surface area (Å²) >= 11 is 1.38. The van der Waals surface area contributed by atoms with Gasteiger partial charge in [0.2, 0.25) is 5.91 Å². The van der Waals surface area contributed by atoms with Gasteiger partial charge in [0, 0.05) is 17.1 Å². The van der Waals surface area contributed by atoms with Crippen molar-refractivity contribution in [1.29, 1.82) is 0 Å². The number of aromatic nitrogens is 2. The lowest BCUT2D eigenvalue weighted by atomic mass is 10.1. The monoisotopic (exact) mass is 329 g/mol. The highest BCUT2D eigenvalue weighted by Gasteiger charge is 2.18. The number of rotatable bonds is 4. The van der Waals surface area contributed by atoms with Crippen LogP contribution >= 0.6 is 11.8 Å². The van der Waals surface area contributed by atoms with Crippen LogP contribution in [0.2, 0.25) is 0 Å². The molecule has 0 aliphatic heterocycles. The summed E-state index contributed by atoms with van der Waals surface area (Å²) in [5.41, 5.74) is 6.08. The Kier molecular flexibility index (Phi) is 5.42. The van der Waals surface area contributed by atoms with E-state index in [1.807, 2.05) is 40.7 Å². The van der Waals surface area contributed by atoms with Gasteiger partial charge in [-0.1, -0.05) is 29.5 Å². The van der Waals surface area contributed by atoms with Crippen LogP contribution in [-0.2, 0) is 4.79 Å². The highest BCUT2D eigenvalue weighted by molar-refractivity contribution is 8.00. The van der Waals surface area contributed by atoms with E-state index >= 15 is 0 Å². The summed E-state index contributed by atoms with van der Waals surface area (Å²) in [6.45, 7) is 11.8. The molecule has 0 saturated heterocycles. The van der Waals surface area contributed by atoms with Crippen LogP contribution in [0.3, 0.4) is 0 Å². The Morgan fingerprint density at radius 1 is 1.00 bits per heavy atom. The number of hydrogen-bond donors (Lipinski definition) is 1. The third-order valence-corrected chi connectivity index (χ3v) is 4.50. The maximum Gasteiger partial charge on any atom is 0.237 e. The molecule has 1 atom stereocenters. The van der Waals surface area contributed by atoms with Crippen molar-refractivity contribution in [2.75, 3.05) is 5.32 Å².